The van der Waals surface area contributed by atoms with Gasteiger partial charge in [0.1, 0.15) is 0 Å². The molecule has 0 aromatic heterocycles. The van der Waals surface area contributed by atoms with Crippen LogP contribution in [-0.2, 0) is 0 Å². The van der Waals surface area contributed by atoms with Gasteiger partial charge in [0.25, 0.3) is 5.24 Å². The number of aliphatic imine (C=N–C) groups is 1. The minimum Gasteiger partial charge on any atom is -0.281 e. The molecule has 1 amide bonds. The first-order valence-corrected chi connectivity index (χ1v) is 11.7. The van der Waals surface area contributed by atoms with Crippen LogP contribution in [0.1, 0.15) is 27.2 Å². The van der Waals surface area contributed by atoms with Crippen LogP contribution in [0.2, 0.25) is 5.02 Å². The van der Waals surface area contributed by atoms with E-state index in [0.29, 0.717) is 17.5 Å². The molecule has 1 fully saturated rings. The van der Waals surface area contributed by atoms with Crippen molar-refractivity contribution in [1.29, 1.82) is 0 Å². The predicted molar refractivity (Wildman–Crippen MR) is 122 cm³/mol. The fourth-order valence-corrected chi connectivity index (χ4v) is 5.52. The highest BCUT2D eigenvalue weighted by Gasteiger charge is 2.37. The molecule has 0 spiro atoms. The maximum atomic E-state index is 12.6. The van der Waals surface area contributed by atoms with Crippen molar-refractivity contribution in [2.75, 3.05) is 18.6 Å². The number of hydrogen-bond donors (Lipinski definition) is 0. The largest absolute Gasteiger partial charge is 0.287 e. The summed E-state index contributed by atoms with van der Waals surface area (Å²) >= 11 is 9.26. The van der Waals surface area contributed by atoms with Crippen LogP contribution < -0.4 is 0 Å². The first kappa shape index (κ1) is 20.6. The van der Waals surface area contributed by atoms with Crippen LogP contribution >= 0.6 is 35.1 Å². The lowest BCUT2D eigenvalue weighted by Gasteiger charge is -2.41. The van der Waals surface area contributed by atoms with E-state index in [9.17, 15) is 4.79 Å². The van der Waals surface area contributed by atoms with Gasteiger partial charge in [-0.05, 0) is 36.1 Å². The summed E-state index contributed by atoms with van der Waals surface area (Å²) in [6, 6.07) is 11.8. The molecule has 1 saturated heterocycles. The van der Waals surface area contributed by atoms with Crippen LogP contribution in [-0.4, -0.2) is 33.9 Å². The van der Waals surface area contributed by atoms with Gasteiger partial charge < -0.3 is 0 Å². The molecule has 0 bridgehead atoms. The first-order chi connectivity index (χ1) is 12.8. The van der Waals surface area contributed by atoms with Crippen molar-refractivity contribution in [2.24, 2.45) is 16.3 Å². The van der Waals surface area contributed by atoms with Gasteiger partial charge in [-0.15, -0.1) is 0 Å². The summed E-state index contributed by atoms with van der Waals surface area (Å²) in [7, 11) is 0. The molecule has 6 heteroatoms. The second kappa shape index (κ2) is 8.46. The van der Waals surface area contributed by atoms with Gasteiger partial charge in [-0.25, -0.2) is 4.99 Å². The Labute approximate surface area is 174 Å². The molecule has 144 valence electrons. The van der Waals surface area contributed by atoms with E-state index >= 15 is 0 Å². The third-order valence-electron chi connectivity index (χ3n) is 4.68. The van der Waals surface area contributed by atoms with Gasteiger partial charge in [-0.3, -0.25) is 9.69 Å². The van der Waals surface area contributed by atoms with E-state index in [2.05, 4.69) is 20.8 Å². The highest BCUT2D eigenvalue weighted by Crippen LogP contribution is 2.40. The number of carbonyl (C=O) groups excluding carboxylic acids is 1. The van der Waals surface area contributed by atoms with E-state index in [1.807, 2.05) is 47.6 Å². The van der Waals surface area contributed by atoms with Gasteiger partial charge >= 0.3 is 0 Å². The quantitative estimate of drug-likeness (QED) is 0.532. The molecule has 0 radical (unpaired) electrons. The zero-order valence-electron chi connectivity index (χ0n) is 16.2. The van der Waals surface area contributed by atoms with E-state index in [1.165, 1.54) is 11.8 Å². The molecule has 1 atom stereocenters. The first-order valence-electron chi connectivity index (χ1n) is 9.07. The minimum atomic E-state index is 0.0502. The Kier molecular flexibility index (Phi) is 6.44. The van der Waals surface area contributed by atoms with E-state index in [4.69, 9.17) is 16.6 Å². The Morgan fingerprint density at radius 2 is 2.00 bits per heavy atom. The molecule has 0 saturated carbocycles. The van der Waals surface area contributed by atoms with Crippen LogP contribution in [0.4, 0.5) is 10.5 Å². The monoisotopic (exact) mass is 420 g/mol. The molecule has 1 heterocycles. The highest BCUT2D eigenvalue weighted by molar-refractivity contribution is 8.15. The van der Waals surface area contributed by atoms with Crippen molar-refractivity contribution < 1.29 is 4.79 Å². The van der Waals surface area contributed by atoms with E-state index < -0.39 is 0 Å². The predicted octanol–water partition coefficient (Wildman–Crippen LogP) is 7.06. The topological polar surface area (TPSA) is 32.7 Å². The SMILES string of the molecule is CSC(=O)N1CC(C)(CC(C)C)CSC1=Nc1ccc(Cl)c2ccccc12. The van der Waals surface area contributed by atoms with Crippen LogP contribution in [0.25, 0.3) is 10.8 Å². The molecule has 2 aromatic carbocycles. The van der Waals surface area contributed by atoms with Crippen molar-refractivity contribution in [2.45, 2.75) is 27.2 Å². The molecule has 1 aliphatic heterocycles. The number of benzene rings is 2. The van der Waals surface area contributed by atoms with E-state index in [1.54, 1.807) is 11.8 Å². The van der Waals surface area contributed by atoms with Crippen LogP contribution in [0, 0.1) is 11.3 Å². The fraction of sp³-hybridized carbons (Fsp3) is 0.429. The second-order valence-corrected chi connectivity index (χ2v) is 9.87. The fourth-order valence-electron chi connectivity index (χ4n) is 3.71. The Balaban J connectivity index is 2.00. The van der Waals surface area contributed by atoms with Crippen molar-refractivity contribution in [3.63, 3.8) is 0 Å². The summed E-state index contributed by atoms with van der Waals surface area (Å²) in [5, 5.41) is 3.53. The molecule has 2 aromatic rings. The van der Waals surface area contributed by atoms with E-state index in [-0.39, 0.29) is 10.7 Å². The maximum Gasteiger partial charge on any atom is 0.287 e. The van der Waals surface area contributed by atoms with Gasteiger partial charge in [0.2, 0.25) is 0 Å². The van der Waals surface area contributed by atoms with Gasteiger partial charge in [0, 0.05) is 28.1 Å². The molecule has 3 nitrogen and oxygen atoms in total. The number of thioether (sulfide) groups is 2. The number of amidine groups is 1. The molecule has 1 aliphatic rings. The third-order valence-corrected chi connectivity index (χ3v) is 6.99. The number of halogens is 1. The van der Waals surface area contributed by atoms with Crippen LogP contribution in [0.5, 0.6) is 0 Å². The summed E-state index contributed by atoms with van der Waals surface area (Å²) in [6.07, 6.45) is 2.92. The number of nitrogens with zero attached hydrogens (tertiary/aromatic N) is 2. The lowest BCUT2D eigenvalue weighted by atomic mass is 9.83. The Morgan fingerprint density at radius 3 is 2.67 bits per heavy atom. The van der Waals surface area contributed by atoms with Crippen LogP contribution in [0.3, 0.4) is 0 Å². The van der Waals surface area contributed by atoms with Gasteiger partial charge in [-0.2, -0.15) is 0 Å². The third kappa shape index (κ3) is 4.64. The Hall–Kier alpha value is -1.17. The van der Waals surface area contributed by atoms with Gasteiger partial charge in [0.15, 0.2) is 5.17 Å². The highest BCUT2D eigenvalue weighted by atomic mass is 35.5. The zero-order chi connectivity index (χ0) is 19.6. The standard InChI is InChI=1S/C21H25ClN2OS2/c1-14(2)11-21(3)12-24(20(25)26-4)19(27-13-21)23-18-10-9-17(22)15-7-5-6-8-16(15)18/h5-10,14H,11-13H2,1-4H3. The summed E-state index contributed by atoms with van der Waals surface area (Å²) in [5.74, 6) is 1.56. The average molecular weight is 421 g/mol. The van der Waals surface area contributed by atoms with Crippen molar-refractivity contribution in [3.8, 4) is 0 Å². The molecule has 1 unspecified atom stereocenters. The number of rotatable bonds is 3. The summed E-state index contributed by atoms with van der Waals surface area (Å²) < 4.78 is 0. The molecular formula is C21H25ClN2OS2. The zero-order valence-corrected chi connectivity index (χ0v) is 18.5. The van der Waals surface area contributed by atoms with Crippen molar-refractivity contribution in [3.05, 3.63) is 41.4 Å². The molecule has 0 N–H and O–H groups in total. The van der Waals surface area contributed by atoms with Crippen molar-refractivity contribution >= 4 is 62.0 Å². The van der Waals surface area contributed by atoms with Crippen LogP contribution in [0.15, 0.2) is 41.4 Å². The Morgan fingerprint density at radius 1 is 1.30 bits per heavy atom. The van der Waals surface area contributed by atoms with Gasteiger partial charge in [0.05, 0.1) is 5.69 Å². The summed E-state index contributed by atoms with van der Waals surface area (Å²) in [5.41, 5.74) is 0.953. The summed E-state index contributed by atoms with van der Waals surface area (Å²) in [6.45, 7) is 7.46. The number of carbonyl (C=O) groups is 1. The number of hydrogen-bond acceptors (Lipinski definition) is 4. The smallest absolute Gasteiger partial charge is 0.281 e. The number of amides is 1. The second-order valence-electron chi connectivity index (χ2n) is 7.76. The number of fused-ring (bicyclic) bond motifs is 1. The molecule has 3 rings (SSSR count). The summed E-state index contributed by atoms with van der Waals surface area (Å²) in [4.78, 5) is 19.4. The lowest BCUT2D eigenvalue weighted by Crippen LogP contribution is -2.47. The maximum absolute atomic E-state index is 12.6. The Bertz CT molecular complexity index is 884. The molecule has 0 aliphatic carbocycles. The normalized spacial score (nSPS) is 22.0. The lowest BCUT2D eigenvalue weighted by molar-refractivity contribution is 0.208. The van der Waals surface area contributed by atoms with Gasteiger partial charge in [-0.1, -0.05) is 80.2 Å². The minimum absolute atomic E-state index is 0.0502. The molecular weight excluding hydrogens is 396 g/mol. The molecule has 27 heavy (non-hydrogen) atoms. The average Bonchev–Trinajstić information content (AvgIpc) is 2.64. The van der Waals surface area contributed by atoms with Crippen molar-refractivity contribution in [1.82, 2.24) is 4.90 Å². The van der Waals surface area contributed by atoms with E-state index in [0.717, 1.165) is 33.8 Å².